The normalized spacial score (nSPS) is 18.6. The third-order valence-corrected chi connectivity index (χ3v) is 4.77. The van der Waals surface area contributed by atoms with Crippen LogP contribution in [0, 0.1) is 0 Å². The number of hydrogen-bond acceptors (Lipinski definition) is 6. The van der Waals surface area contributed by atoms with Crippen LogP contribution in [-0.4, -0.2) is 46.0 Å². The standard InChI is InChI=1S/C21H26ClN3O4/c1-20(2,3)29-19(26)25-16(12-28-21(25,4)5)14-8-7-13(22)11-15(14)18-23-10-9-17(24-18)27-6/h7-11,16H,12H2,1-6H3/t16-/m1/s1. The Morgan fingerprint density at radius 3 is 2.69 bits per heavy atom. The highest BCUT2D eigenvalue weighted by Gasteiger charge is 2.47. The number of amides is 1. The summed E-state index contributed by atoms with van der Waals surface area (Å²) >= 11 is 6.27. The quantitative estimate of drug-likeness (QED) is 0.707. The maximum absolute atomic E-state index is 13.0. The van der Waals surface area contributed by atoms with E-state index < -0.39 is 17.4 Å². The largest absolute Gasteiger partial charge is 0.481 e. The van der Waals surface area contributed by atoms with E-state index in [2.05, 4.69) is 9.97 Å². The summed E-state index contributed by atoms with van der Waals surface area (Å²) in [4.78, 5) is 23.4. The number of hydrogen-bond donors (Lipinski definition) is 0. The number of carbonyl (C=O) groups is 1. The fraction of sp³-hybridized carbons (Fsp3) is 0.476. The van der Waals surface area contributed by atoms with E-state index in [0.29, 0.717) is 28.9 Å². The van der Waals surface area contributed by atoms with Gasteiger partial charge in [-0.15, -0.1) is 0 Å². The molecule has 1 aromatic heterocycles. The van der Waals surface area contributed by atoms with Gasteiger partial charge in [0.1, 0.15) is 11.3 Å². The van der Waals surface area contributed by atoms with Crippen LogP contribution in [0.4, 0.5) is 4.79 Å². The second-order valence-electron chi connectivity index (χ2n) is 8.28. The summed E-state index contributed by atoms with van der Waals surface area (Å²) in [5.74, 6) is 0.892. The number of halogens is 1. The molecule has 3 rings (SSSR count). The molecule has 1 amide bonds. The average Bonchev–Trinajstić information content (AvgIpc) is 2.95. The van der Waals surface area contributed by atoms with Crippen LogP contribution in [0.3, 0.4) is 0 Å². The van der Waals surface area contributed by atoms with E-state index >= 15 is 0 Å². The van der Waals surface area contributed by atoms with Crippen LogP contribution in [0.5, 0.6) is 5.88 Å². The van der Waals surface area contributed by atoms with Crippen LogP contribution < -0.4 is 4.74 Å². The topological polar surface area (TPSA) is 73.8 Å². The third-order valence-electron chi connectivity index (χ3n) is 4.53. The first-order valence-electron chi connectivity index (χ1n) is 9.35. The highest BCUT2D eigenvalue weighted by Crippen LogP contribution is 2.41. The average molecular weight is 420 g/mol. The van der Waals surface area contributed by atoms with Crippen molar-refractivity contribution in [3.63, 3.8) is 0 Å². The number of ether oxygens (including phenoxy) is 3. The molecular formula is C21H26ClN3O4. The molecule has 0 bridgehead atoms. The van der Waals surface area contributed by atoms with Gasteiger partial charge in [0.15, 0.2) is 5.82 Å². The molecule has 2 heterocycles. The number of methoxy groups -OCH3 is 1. The molecule has 1 atom stereocenters. The van der Waals surface area contributed by atoms with E-state index in [9.17, 15) is 4.79 Å². The van der Waals surface area contributed by atoms with Crippen LogP contribution in [0.25, 0.3) is 11.4 Å². The molecule has 0 unspecified atom stereocenters. The number of rotatable bonds is 3. The summed E-state index contributed by atoms with van der Waals surface area (Å²) in [6.45, 7) is 9.50. The Labute approximate surface area is 176 Å². The molecule has 0 N–H and O–H groups in total. The maximum Gasteiger partial charge on any atom is 0.413 e. The molecule has 1 fully saturated rings. The molecule has 156 valence electrons. The Morgan fingerprint density at radius 2 is 2.03 bits per heavy atom. The van der Waals surface area contributed by atoms with E-state index in [1.165, 1.54) is 0 Å². The molecule has 2 aromatic rings. The molecule has 1 aromatic carbocycles. The third kappa shape index (κ3) is 4.62. The van der Waals surface area contributed by atoms with Gasteiger partial charge < -0.3 is 14.2 Å². The molecule has 7 nitrogen and oxygen atoms in total. The van der Waals surface area contributed by atoms with Crippen LogP contribution in [0.15, 0.2) is 30.5 Å². The van der Waals surface area contributed by atoms with Gasteiger partial charge >= 0.3 is 6.09 Å². The smallest absolute Gasteiger partial charge is 0.413 e. The van der Waals surface area contributed by atoms with Crippen molar-refractivity contribution in [2.24, 2.45) is 0 Å². The molecule has 0 spiro atoms. The zero-order chi connectivity index (χ0) is 21.4. The first kappa shape index (κ1) is 21.3. The second-order valence-corrected chi connectivity index (χ2v) is 8.71. The van der Waals surface area contributed by atoms with Crippen LogP contribution in [-0.2, 0) is 9.47 Å². The van der Waals surface area contributed by atoms with Crippen molar-refractivity contribution in [3.8, 4) is 17.3 Å². The summed E-state index contributed by atoms with van der Waals surface area (Å²) in [6.07, 6.45) is 1.17. The molecule has 0 saturated carbocycles. The minimum Gasteiger partial charge on any atom is -0.481 e. The van der Waals surface area contributed by atoms with E-state index in [0.717, 1.165) is 5.56 Å². The lowest BCUT2D eigenvalue weighted by Crippen LogP contribution is -2.47. The highest BCUT2D eigenvalue weighted by atomic mass is 35.5. The Morgan fingerprint density at radius 1 is 1.31 bits per heavy atom. The number of carbonyl (C=O) groups excluding carboxylic acids is 1. The van der Waals surface area contributed by atoms with E-state index in [1.807, 2.05) is 40.7 Å². The van der Waals surface area contributed by atoms with Crippen LogP contribution >= 0.6 is 11.6 Å². The van der Waals surface area contributed by atoms with Crippen LogP contribution in [0.1, 0.15) is 46.2 Å². The van der Waals surface area contributed by atoms with Gasteiger partial charge in [-0.1, -0.05) is 17.7 Å². The van der Waals surface area contributed by atoms with Crippen molar-refractivity contribution in [2.45, 2.75) is 52.0 Å². The second kappa shape index (κ2) is 7.80. The van der Waals surface area contributed by atoms with Crippen molar-refractivity contribution < 1.29 is 19.0 Å². The van der Waals surface area contributed by atoms with Gasteiger partial charge in [-0.25, -0.2) is 9.78 Å². The Bertz CT molecular complexity index is 911. The van der Waals surface area contributed by atoms with E-state index in [1.54, 1.807) is 36.4 Å². The Hall–Kier alpha value is -2.38. The van der Waals surface area contributed by atoms with Crippen molar-refractivity contribution in [1.82, 2.24) is 14.9 Å². The molecule has 29 heavy (non-hydrogen) atoms. The van der Waals surface area contributed by atoms with Crippen molar-refractivity contribution >= 4 is 17.7 Å². The number of benzene rings is 1. The van der Waals surface area contributed by atoms with Gasteiger partial charge in [0, 0.05) is 22.8 Å². The van der Waals surface area contributed by atoms with Gasteiger partial charge in [0.2, 0.25) is 5.88 Å². The molecule has 8 heteroatoms. The first-order chi connectivity index (χ1) is 13.5. The van der Waals surface area contributed by atoms with Crippen LogP contribution in [0.2, 0.25) is 5.02 Å². The Kier molecular flexibility index (Phi) is 5.74. The summed E-state index contributed by atoms with van der Waals surface area (Å²) in [5.41, 5.74) is 0.0633. The van der Waals surface area contributed by atoms with Gasteiger partial charge in [0.25, 0.3) is 0 Å². The summed E-state index contributed by atoms with van der Waals surface area (Å²) in [6, 6.07) is 6.71. The highest BCUT2D eigenvalue weighted by molar-refractivity contribution is 6.30. The van der Waals surface area contributed by atoms with E-state index in [-0.39, 0.29) is 6.04 Å². The van der Waals surface area contributed by atoms with Gasteiger partial charge in [-0.2, -0.15) is 4.98 Å². The molecule has 0 radical (unpaired) electrons. The minimum atomic E-state index is -0.834. The number of nitrogens with zero attached hydrogens (tertiary/aromatic N) is 3. The Balaban J connectivity index is 2.08. The van der Waals surface area contributed by atoms with E-state index in [4.69, 9.17) is 25.8 Å². The zero-order valence-corrected chi connectivity index (χ0v) is 18.3. The van der Waals surface area contributed by atoms with Crippen molar-refractivity contribution in [1.29, 1.82) is 0 Å². The monoisotopic (exact) mass is 419 g/mol. The number of aromatic nitrogens is 2. The molecular weight excluding hydrogens is 394 g/mol. The fourth-order valence-corrected chi connectivity index (χ4v) is 3.46. The predicted molar refractivity (Wildman–Crippen MR) is 110 cm³/mol. The van der Waals surface area contributed by atoms with Gasteiger partial charge in [-0.3, -0.25) is 4.90 Å². The summed E-state index contributed by atoms with van der Waals surface area (Å²) < 4.78 is 16.8. The molecule has 1 aliphatic rings. The first-order valence-corrected chi connectivity index (χ1v) is 9.73. The fourth-order valence-electron chi connectivity index (χ4n) is 3.29. The predicted octanol–water partition coefficient (Wildman–Crippen LogP) is 4.85. The molecule has 1 aliphatic heterocycles. The lowest BCUT2D eigenvalue weighted by molar-refractivity contribution is -0.0626. The molecule has 1 saturated heterocycles. The van der Waals surface area contributed by atoms with Gasteiger partial charge in [-0.05, 0) is 52.3 Å². The zero-order valence-electron chi connectivity index (χ0n) is 17.5. The van der Waals surface area contributed by atoms with Crippen molar-refractivity contribution in [2.75, 3.05) is 13.7 Å². The SMILES string of the molecule is COc1ccnc(-c2cc(Cl)ccc2[C@H]2COC(C)(C)N2C(=O)OC(C)(C)C)n1. The van der Waals surface area contributed by atoms with Gasteiger partial charge in [0.05, 0.1) is 19.8 Å². The van der Waals surface area contributed by atoms with Crippen molar-refractivity contribution in [3.05, 3.63) is 41.0 Å². The minimum absolute atomic E-state index is 0.310. The summed E-state index contributed by atoms with van der Waals surface area (Å²) in [5, 5.41) is 0.539. The summed E-state index contributed by atoms with van der Waals surface area (Å²) in [7, 11) is 1.54. The lowest BCUT2D eigenvalue weighted by Gasteiger charge is -2.35. The maximum atomic E-state index is 13.0. The lowest BCUT2D eigenvalue weighted by atomic mass is 9.98. The molecule has 0 aliphatic carbocycles.